The lowest BCUT2D eigenvalue weighted by molar-refractivity contribution is -0.274. The second-order valence-electron chi connectivity index (χ2n) is 3.30. The molecule has 0 amide bonds. The molecule has 0 spiro atoms. The average molecular weight is 263 g/mol. The van der Waals surface area contributed by atoms with E-state index in [0.29, 0.717) is 16.7 Å². The molecule has 0 saturated carbocycles. The second kappa shape index (κ2) is 4.03. The van der Waals surface area contributed by atoms with Gasteiger partial charge in [0.15, 0.2) is 5.15 Å². The van der Waals surface area contributed by atoms with Crippen molar-refractivity contribution in [2.45, 2.75) is 13.3 Å². The number of fused-ring (bicyclic) bond motifs is 1. The third-order valence-electron chi connectivity index (χ3n) is 1.99. The fourth-order valence-electron chi connectivity index (χ4n) is 1.30. The summed E-state index contributed by atoms with van der Waals surface area (Å²) in [5, 5.41) is 0.224. The molecule has 0 aliphatic rings. The smallest absolute Gasteiger partial charge is 0.406 e. The van der Waals surface area contributed by atoms with Crippen LogP contribution in [0.4, 0.5) is 13.2 Å². The Bertz CT molecular complexity index is 571. The van der Waals surface area contributed by atoms with E-state index in [9.17, 15) is 13.2 Å². The average Bonchev–Trinajstić information content (AvgIpc) is 2.18. The number of aromatic nitrogens is 2. The first-order valence-electron chi connectivity index (χ1n) is 4.55. The Labute approximate surface area is 99.2 Å². The zero-order valence-corrected chi connectivity index (χ0v) is 9.30. The maximum absolute atomic E-state index is 12.0. The molecule has 17 heavy (non-hydrogen) atoms. The number of alkyl halides is 3. The minimum absolute atomic E-state index is 0.224. The minimum Gasteiger partial charge on any atom is -0.406 e. The molecule has 2 rings (SSSR count). The minimum atomic E-state index is -4.72. The van der Waals surface area contributed by atoms with Crippen molar-refractivity contribution in [3.63, 3.8) is 0 Å². The highest BCUT2D eigenvalue weighted by atomic mass is 35.5. The zero-order chi connectivity index (χ0) is 12.6. The quantitative estimate of drug-likeness (QED) is 0.789. The summed E-state index contributed by atoms with van der Waals surface area (Å²) < 4.78 is 39.8. The van der Waals surface area contributed by atoms with Crippen molar-refractivity contribution in [2.75, 3.05) is 0 Å². The van der Waals surface area contributed by atoms with Gasteiger partial charge in [-0.1, -0.05) is 11.6 Å². The molecule has 0 saturated heterocycles. The molecule has 3 nitrogen and oxygen atoms in total. The first-order chi connectivity index (χ1) is 7.85. The Morgan fingerprint density at radius 3 is 2.53 bits per heavy atom. The Morgan fingerprint density at radius 2 is 1.88 bits per heavy atom. The van der Waals surface area contributed by atoms with Gasteiger partial charge < -0.3 is 4.74 Å². The third-order valence-corrected chi connectivity index (χ3v) is 2.34. The number of hydrogen-bond donors (Lipinski definition) is 0. The number of benzene rings is 1. The fourth-order valence-corrected chi connectivity index (χ4v) is 1.43. The van der Waals surface area contributed by atoms with Gasteiger partial charge in [-0.3, -0.25) is 0 Å². The van der Waals surface area contributed by atoms with Crippen LogP contribution in [-0.4, -0.2) is 16.3 Å². The Balaban J connectivity index is 2.47. The van der Waals surface area contributed by atoms with Gasteiger partial charge in [-0.25, -0.2) is 9.97 Å². The van der Waals surface area contributed by atoms with Gasteiger partial charge in [0.25, 0.3) is 0 Å². The first kappa shape index (κ1) is 11.9. The fraction of sp³-hybridized carbons (Fsp3) is 0.200. The predicted octanol–water partition coefficient (Wildman–Crippen LogP) is 3.49. The van der Waals surface area contributed by atoms with Gasteiger partial charge in [-0.05, 0) is 19.1 Å². The van der Waals surface area contributed by atoms with Crippen LogP contribution in [0.3, 0.4) is 0 Å². The summed E-state index contributed by atoms with van der Waals surface area (Å²) >= 11 is 5.75. The normalized spacial score (nSPS) is 11.8. The summed E-state index contributed by atoms with van der Waals surface area (Å²) in [5.74, 6) is -0.332. The van der Waals surface area contributed by atoms with Gasteiger partial charge in [0, 0.05) is 6.07 Å². The van der Waals surface area contributed by atoms with Crippen LogP contribution in [-0.2, 0) is 0 Å². The molecule has 0 atom stereocenters. The summed E-state index contributed by atoms with van der Waals surface area (Å²) in [7, 11) is 0. The van der Waals surface area contributed by atoms with E-state index in [1.807, 2.05) is 0 Å². The van der Waals surface area contributed by atoms with Crippen LogP contribution in [0.25, 0.3) is 11.0 Å². The Morgan fingerprint density at radius 1 is 1.18 bits per heavy atom. The lowest BCUT2D eigenvalue weighted by Gasteiger charge is -2.09. The van der Waals surface area contributed by atoms with E-state index in [1.54, 1.807) is 6.92 Å². The van der Waals surface area contributed by atoms with E-state index in [2.05, 4.69) is 14.7 Å². The number of aryl methyl sites for hydroxylation is 1. The van der Waals surface area contributed by atoms with Crippen LogP contribution < -0.4 is 4.74 Å². The molecule has 90 valence electrons. The molecule has 0 aliphatic carbocycles. The SMILES string of the molecule is Cc1nc2cc(OC(F)(F)F)ccc2nc1Cl. The maximum Gasteiger partial charge on any atom is 0.573 e. The topological polar surface area (TPSA) is 35.0 Å². The number of rotatable bonds is 1. The van der Waals surface area contributed by atoms with Crippen molar-refractivity contribution < 1.29 is 17.9 Å². The highest BCUT2D eigenvalue weighted by molar-refractivity contribution is 6.30. The molecule has 1 aromatic carbocycles. The molecule has 1 aromatic heterocycles. The molecule has 0 aliphatic heterocycles. The van der Waals surface area contributed by atoms with Crippen molar-refractivity contribution in [1.29, 1.82) is 0 Å². The van der Waals surface area contributed by atoms with Gasteiger partial charge in [-0.2, -0.15) is 0 Å². The monoisotopic (exact) mass is 262 g/mol. The lowest BCUT2D eigenvalue weighted by atomic mass is 10.3. The summed E-state index contributed by atoms with van der Waals surface area (Å²) in [6, 6.07) is 3.70. The first-order valence-corrected chi connectivity index (χ1v) is 4.92. The van der Waals surface area contributed by atoms with E-state index in [4.69, 9.17) is 11.6 Å². The van der Waals surface area contributed by atoms with Crippen LogP contribution >= 0.6 is 11.6 Å². The van der Waals surface area contributed by atoms with Crippen molar-refractivity contribution in [3.05, 3.63) is 29.0 Å². The molecular weight excluding hydrogens is 257 g/mol. The standard InChI is InChI=1S/C10H6ClF3N2O/c1-5-9(11)16-7-3-2-6(4-8(7)15-5)17-10(12,13)14/h2-4H,1H3. The number of halogens is 4. The van der Waals surface area contributed by atoms with E-state index < -0.39 is 6.36 Å². The molecule has 0 unspecified atom stereocenters. The molecule has 2 aromatic rings. The van der Waals surface area contributed by atoms with Crippen LogP contribution in [0.1, 0.15) is 5.69 Å². The molecular formula is C10H6ClF3N2O. The number of ether oxygens (including phenoxy) is 1. The number of hydrogen-bond acceptors (Lipinski definition) is 3. The van der Waals surface area contributed by atoms with Crippen molar-refractivity contribution >= 4 is 22.6 Å². The van der Waals surface area contributed by atoms with Gasteiger partial charge in [0.2, 0.25) is 0 Å². The van der Waals surface area contributed by atoms with Crippen LogP contribution in [0.2, 0.25) is 5.15 Å². The van der Waals surface area contributed by atoms with E-state index in [0.717, 1.165) is 6.07 Å². The van der Waals surface area contributed by atoms with Gasteiger partial charge in [-0.15, -0.1) is 13.2 Å². The van der Waals surface area contributed by atoms with Crippen LogP contribution in [0.15, 0.2) is 18.2 Å². The van der Waals surface area contributed by atoms with Crippen molar-refractivity contribution in [2.24, 2.45) is 0 Å². The Kier molecular flexibility index (Phi) is 2.82. The Hall–Kier alpha value is -1.56. The number of nitrogens with zero attached hydrogens (tertiary/aromatic N) is 2. The molecule has 1 heterocycles. The summed E-state index contributed by atoms with van der Waals surface area (Å²) in [5.41, 5.74) is 1.16. The summed E-state index contributed by atoms with van der Waals surface area (Å²) in [6.07, 6.45) is -4.72. The van der Waals surface area contributed by atoms with Crippen molar-refractivity contribution in [1.82, 2.24) is 9.97 Å². The molecule has 0 N–H and O–H groups in total. The van der Waals surface area contributed by atoms with Gasteiger partial charge in [0.1, 0.15) is 5.75 Å². The van der Waals surface area contributed by atoms with Crippen LogP contribution in [0.5, 0.6) is 5.75 Å². The van der Waals surface area contributed by atoms with Crippen LogP contribution in [0, 0.1) is 6.92 Å². The molecule has 0 radical (unpaired) electrons. The van der Waals surface area contributed by atoms with Gasteiger partial charge in [0.05, 0.1) is 16.7 Å². The molecule has 0 bridgehead atoms. The van der Waals surface area contributed by atoms with E-state index in [1.165, 1.54) is 12.1 Å². The van der Waals surface area contributed by atoms with Gasteiger partial charge >= 0.3 is 6.36 Å². The van der Waals surface area contributed by atoms with Crippen molar-refractivity contribution in [3.8, 4) is 5.75 Å². The van der Waals surface area contributed by atoms with E-state index >= 15 is 0 Å². The summed E-state index contributed by atoms with van der Waals surface area (Å²) in [4.78, 5) is 8.00. The molecule has 7 heteroatoms. The maximum atomic E-state index is 12.0. The predicted molar refractivity (Wildman–Crippen MR) is 56.0 cm³/mol. The third kappa shape index (κ3) is 2.76. The second-order valence-corrected chi connectivity index (χ2v) is 3.66. The summed E-state index contributed by atoms with van der Waals surface area (Å²) in [6.45, 7) is 1.62. The molecule has 0 fully saturated rings. The highest BCUT2D eigenvalue weighted by Gasteiger charge is 2.31. The zero-order valence-electron chi connectivity index (χ0n) is 8.55. The largest absolute Gasteiger partial charge is 0.573 e. The lowest BCUT2D eigenvalue weighted by Crippen LogP contribution is -2.17. The van der Waals surface area contributed by atoms with E-state index in [-0.39, 0.29) is 10.9 Å². The highest BCUT2D eigenvalue weighted by Crippen LogP contribution is 2.26.